The first-order valence-electron chi connectivity index (χ1n) is 6.78. The van der Waals surface area contributed by atoms with Crippen LogP contribution in [0, 0.1) is 6.92 Å². The lowest BCUT2D eigenvalue weighted by Crippen LogP contribution is -2.17. The number of nitrogens with two attached hydrogens (primary N) is 1. The van der Waals surface area contributed by atoms with E-state index in [0.717, 1.165) is 17.7 Å². The minimum Gasteiger partial charge on any atom is -0.330 e. The van der Waals surface area contributed by atoms with Gasteiger partial charge in [-0.1, -0.05) is 24.6 Å². The van der Waals surface area contributed by atoms with Gasteiger partial charge in [-0.15, -0.1) is 5.10 Å². The molecule has 0 unspecified atom stereocenters. The summed E-state index contributed by atoms with van der Waals surface area (Å²) in [6, 6.07) is 6.28. The first kappa shape index (κ1) is 14.9. The molecule has 5 nitrogen and oxygen atoms in total. The van der Waals surface area contributed by atoms with Gasteiger partial charge < -0.3 is 5.73 Å². The molecule has 108 valence electrons. The Hall–Kier alpha value is -1.53. The van der Waals surface area contributed by atoms with Crippen LogP contribution in [-0.2, 0) is 13.0 Å². The second kappa shape index (κ2) is 6.76. The monoisotopic (exact) mass is 292 g/mol. The van der Waals surface area contributed by atoms with Gasteiger partial charge in [-0.2, -0.15) is 0 Å². The third-order valence-electron chi connectivity index (χ3n) is 3.00. The van der Waals surface area contributed by atoms with E-state index in [1.54, 1.807) is 4.57 Å². The van der Waals surface area contributed by atoms with Gasteiger partial charge in [0.1, 0.15) is 0 Å². The van der Waals surface area contributed by atoms with Crippen molar-refractivity contribution in [3.8, 4) is 0 Å². The number of rotatable bonds is 6. The number of aromatic amines is 1. The molecule has 0 saturated heterocycles. The Labute approximate surface area is 122 Å². The number of H-pyrrole nitrogens is 1. The number of hydrogen-bond donors (Lipinski definition) is 2. The van der Waals surface area contributed by atoms with Gasteiger partial charge in [0, 0.05) is 11.4 Å². The second-order valence-corrected chi connectivity index (χ2v) is 5.72. The summed E-state index contributed by atoms with van der Waals surface area (Å²) >= 11 is 1.52. The molecule has 20 heavy (non-hydrogen) atoms. The van der Waals surface area contributed by atoms with Gasteiger partial charge in [-0.05, 0) is 49.7 Å². The van der Waals surface area contributed by atoms with Gasteiger partial charge in [0.15, 0.2) is 5.16 Å². The summed E-state index contributed by atoms with van der Waals surface area (Å²) in [5.74, 6) is 0. The van der Waals surface area contributed by atoms with Crippen molar-refractivity contribution < 1.29 is 0 Å². The first-order chi connectivity index (χ1) is 9.65. The zero-order chi connectivity index (χ0) is 14.5. The maximum atomic E-state index is 11.7. The number of nitrogens with one attached hydrogen (secondary N) is 1. The van der Waals surface area contributed by atoms with E-state index in [4.69, 9.17) is 5.73 Å². The smallest absolute Gasteiger partial charge is 0.330 e. The molecule has 3 N–H and O–H groups in total. The fourth-order valence-electron chi connectivity index (χ4n) is 2.06. The molecule has 0 aliphatic carbocycles. The van der Waals surface area contributed by atoms with Crippen LogP contribution in [0.3, 0.4) is 0 Å². The van der Waals surface area contributed by atoms with Crippen molar-refractivity contribution in [3.63, 3.8) is 0 Å². The minimum atomic E-state index is -0.151. The van der Waals surface area contributed by atoms with E-state index in [1.807, 2.05) is 6.92 Å². The topological polar surface area (TPSA) is 76.7 Å². The average Bonchev–Trinajstić information content (AvgIpc) is 2.75. The first-order valence-corrected chi connectivity index (χ1v) is 7.60. The van der Waals surface area contributed by atoms with E-state index >= 15 is 0 Å². The fourth-order valence-corrected chi connectivity index (χ4v) is 3.06. The molecule has 0 aliphatic heterocycles. The van der Waals surface area contributed by atoms with Gasteiger partial charge in [-0.25, -0.2) is 9.89 Å². The van der Waals surface area contributed by atoms with Gasteiger partial charge in [-0.3, -0.25) is 4.57 Å². The molecule has 1 aromatic carbocycles. The highest BCUT2D eigenvalue weighted by atomic mass is 32.2. The summed E-state index contributed by atoms with van der Waals surface area (Å²) in [6.45, 7) is 5.39. The largest absolute Gasteiger partial charge is 0.343 e. The molecule has 0 fully saturated rings. The maximum Gasteiger partial charge on any atom is 0.343 e. The Kier molecular flexibility index (Phi) is 5.03. The minimum absolute atomic E-state index is 0.151. The molecule has 0 saturated carbocycles. The van der Waals surface area contributed by atoms with Crippen LogP contribution in [0.25, 0.3) is 0 Å². The third-order valence-corrected chi connectivity index (χ3v) is 4.11. The predicted octanol–water partition coefficient (Wildman–Crippen LogP) is 1.94. The van der Waals surface area contributed by atoms with Gasteiger partial charge in [0.05, 0.1) is 0 Å². The van der Waals surface area contributed by atoms with E-state index < -0.39 is 0 Å². The molecule has 0 aliphatic rings. The van der Waals surface area contributed by atoms with Crippen molar-refractivity contribution in [3.05, 3.63) is 39.8 Å². The van der Waals surface area contributed by atoms with Gasteiger partial charge in [0.2, 0.25) is 0 Å². The van der Waals surface area contributed by atoms with E-state index in [2.05, 4.69) is 35.3 Å². The number of hydrogen-bond acceptors (Lipinski definition) is 4. The van der Waals surface area contributed by atoms with Crippen molar-refractivity contribution in [1.29, 1.82) is 0 Å². The van der Waals surface area contributed by atoms with Crippen molar-refractivity contribution >= 4 is 11.8 Å². The zero-order valence-corrected chi connectivity index (χ0v) is 12.7. The highest BCUT2D eigenvalue weighted by Crippen LogP contribution is 2.29. The molecular formula is C14H20N4OS. The molecular weight excluding hydrogens is 272 g/mol. The highest BCUT2D eigenvalue weighted by molar-refractivity contribution is 7.99. The normalized spacial score (nSPS) is 10.9. The molecule has 1 aromatic heterocycles. The summed E-state index contributed by atoms with van der Waals surface area (Å²) in [5.41, 5.74) is 7.94. The maximum absolute atomic E-state index is 11.7. The van der Waals surface area contributed by atoms with Crippen LogP contribution in [0.5, 0.6) is 0 Å². The Morgan fingerprint density at radius 1 is 1.45 bits per heavy atom. The van der Waals surface area contributed by atoms with Gasteiger partial charge in [0.25, 0.3) is 0 Å². The second-order valence-electron chi connectivity index (χ2n) is 4.71. The standard InChI is InChI=1S/C14H20N4OS/c1-3-8-18-13(19)16-17-14(18)20-12-5-4-10(2)9-11(12)6-7-15/h4-5,9H,3,6-8,15H2,1-2H3,(H,16,19). The molecule has 0 amide bonds. The Bertz CT molecular complexity index is 632. The molecule has 0 radical (unpaired) electrons. The lowest BCUT2D eigenvalue weighted by Gasteiger charge is -2.09. The zero-order valence-electron chi connectivity index (χ0n) is 11.8. The summed E-state index contributed by atoms with van der Waals surface area (Å²) in [4.78, 5) is 12.8. The summed E-state index contributed by atoms with van der Waals surface area (Å²) in [6.07, 6.45) is 1.73. The van der Waals surface area contributed by atoms with Crippen LogP contribution in [0.1, 0.15) is 24.5 Å². The summed E-state index contributed by atoms with van der Waals surface area (Å²) in [7, 11) is 0. The van der Waals surface area contributed by atoms with Crippen LogP contribution >= 0.6 is 11.8 Å². The van der Waals surface area contributed by atoms with E-state index in [1.165, 1.54) is 22.9 Å². The lowest BCUT2D eigenvalue weighted by molar-refractivity contribution is 0.604. The number of aryl methyl sites for hydroxylation is 1. The molecule has 1 heterocycles. The van der Waals surface area contributed by atoms with Crippen molar-refractivity contribution in [2.24, 2.45) is 5.73 Å². The van der Waals surface area contributed by atoms with Crippen molar-refractivity contribution in [1.82, 2.24) is 14.8 Å². The highest BCUT2D eigenvalue weighted by Gasteiger charge is 2.11. The molecule has 0 spiro atoms. The van der Waals surface area contributed by atoms with Crippen LogP contribution < -0.4 is 11.4 Å². The number of nitrogens with zero attached hydrogens (tertiary/aromatic N) is 2. The fraction of sp³-hybridized carbons (Fsp3) is 0.429. The molecule has 0 bridgehead atoms. The van der Waals surface area contributed by atoms with Gasteiger partial charge >= 0.3 is 5.69 Å². The number of benzene rings is 1. The van der Waals surface area contributed by atoms with Crippen molar-refractivity contribution in [2.45, 2.75) is 43.3 Å². The predicted molar refractivity (Wildman–Crippen MR) is 81.2 cm³/mol. The molecule has 2 rings (SSSR count). The SMILES string of the molecule is CCCn1c(Sc2ccc(C)cc2CCN)n[nH]c1=O. The Morgan fingerprint density at radius 3 is 2.95 bits per heavy atom. The van der Waals surface area contributed by atoms with E-state index in [0.29, 0.717) is 18.2 Å². The number of aromatic nitrogens is 3. The Morgan fingerprint density at radius 2 is 2.25 bits per heavy atom. The molecule has 6 heteroatoms. The van der Waals surface area contributed by atoms with Crippen LogP contribution in [0.15, 0.2) is 33.0 Å². The van der Waals surface area contributed by atoms with Crippen LogP contribution in [0.4, 0.5) is 0 Å². The quantitative estimate of drug-likeness (QED) is 0.853. The average molecular weight is 292 g/mol. The molecule has 0 atom stereocenters. The van der Waals surface area contributed by atoms with E-state index in [-0.39, 0.29) is 5.69 Å². The third kappa shape index (κ3) is 3.32. The lowest BCUT2D eigenvalue weighted by atomic mass is 10.1. The van der Waals surface area contributed by atoms with Crippen LogP contribution in [-0.4, -0.2) is 21.3 Å². The summed E-state index contributed by atoms with van der Waals surface area (Å²) < 4.78 is 1.68. The molecule has 2 aromatic rings. The summed E-state index contributed by atoms with van der Waals surface area (Å²) in [5, 5.41) is 7.33. The van der Waals surface area contributed by atoms with E-state index in [9.17, 15) is 4.79 Å². The van der Waals surface area contributed by atoms with Crippen LogP contribution in [0.2, 0.25) is 0 Å². The van der Waals surface area contributed by atoms with Crippen molar-refractivity contribution in [2.75, 3.05) is 6.54 Å². The Balaban J connectivity index is 2.32.